The molecule has 1 atom stereocenters. The molecular formula is C21H18O5S. The van der Waals surface area contributed by atoms with Gasteiger partial charge in [-0.15, -0.1) is 0 Å². The van der Waals surface area contributed by atoms with E-state index in [4.69, 9.17) is 9.84 Å². The van der Waals surface area contributed by atoms with E-state index in [2.05, 4.69) is 0 Å². The van der Waals surface area contributed by atoms with Gasteiger partial charge in [-0.25, -0.2) is 4.79 Å². The minimum Gasteiger partial charge on any atom is -0.611 e. The molecule has 0 radical (unpaired) electrons. The van der Waals surface area contributed by atoms with Crippen molar-refractivity contribution in [1.29, 1.82) is 0 Å². The minimum absolute atomic E-state index is 0.164. The maximum Gasteiger partial charge on any atom is 0.339 e. The molecule has 3 aromatic carbocycles. The normalized spacial score (nSPS) is 11.7. The second-order valence-corrected chi connectivity index (χ2v) is 7.34. The van der Waals surface area contributed by atoms with Crippen LogP contribution in [0.25, 0.3) is 11.1 Å². The average Bonchev–Trinajstić information content (AvgIpc) is 2.69. The molecule has 27 heavy (non-hydrogen) atoms. The monoisotopic (exact) mass is 382 g/mol. The van der Waals surface area contributed by atoms with Gasteiger partial charge >= 0.3 is 5.97 Å². The van der Waals surface area contributed by atoms with Gasteiger partial charge in [0.2, 0.25) is 0 Å². The molecular weight excluding hydrogens is 364 g/mol. The van der Waals surface area contributed by atoms with E-state index in [-0.39, 0.29) is 23.7 Å². The fourth-order valence-corrected chi connectivity index (χ4v) is 3.47. The molecule has 0 amide bonds. The Bertz CT molecular complexity index is 910. The van der Waals surface area contributed by atoms with Crippen LogP contribution in [0.3, 0.4) is 0 Å². The molecule has 0 aliphatic heterocycles. The first-order valence-corrected chi connectivity index (χ1v) is 9.59. The minimum atomic E-state index is -1.24. The number of carboxylic acid groups (broad SMARTS) is 1. The highest BCUT2D eigenvalue weighted by molar-refractivity contribution is 7.91. The number of phenols is 1. The predicted octanol–water partition coefficient (Wildman–Crippen LogP) is 3.94. The molecule has 5 nitrogen and oxygen atoms in total. The maximum atomic E-state index is 12.4. The van der Waals surface area contributed by atoms with Crippen LogP contribution in [0.4, 0.5) is 0 Å². The fourth-order valence-electron chi connectivity index (χ4n) is 2.56. The molecule has 0 aliphatic rings. The molecule has 0 saturated heterocycles. The van der Waals surface area contributed by atoms with Gasteiger partial charge in [-0.05, 0) is 64.8 Å². The van der Waals surface area contributed by atoms with Gasteiger partial charge in [-0.2, -0.15) is 0 Å². The van der Waals surface area contributed by atoms with Crippen molar-refractivity contribution < 1.29 is 24.3 Å². The van der Waals surface area contributed by atoms with E-state index in [1.807, 2.05) is 54.6 Å². The van der Waals surface area contributed by atoms with Crippen molar-refractivity contribution in [3.05, 3.63) is 78.4 Å². The van der Waals surface area contributed by atoms with Crippen LogP contribution in [0.2, 0.25) is 0 Å². The second kappa shape index (κ2) is 8.62. The van der Waals surface area contributed by atoms with Gasteiger partial charge in [0.1, 0.15) is 29.4 Å². The fraction of sp³-hybridized carbons (Fsp3) is 0.0952. The van der Waals surface area contributed by atoms with E-state index < -0.39 is 17.1 Å². The van der Waals surface area contributed by atoms with Gasteiger partial charge in [-0.3, -0.25) is 0 Å². The third-order valence-corrected chi connectivity index (χ3v) is 5.30. The standard InChI is InChI=1S/C21H18O5S/c22-20-11-8-17(14-19(20)21(23)24)26-12-13-27(25)18-9-6-16(7-10-18)15-4-2-1-3-5-15/h1-11,14,22H,12-13H2,(H,23,24). The summed E-state index contributed by atoms with van der Waals surface area (Å²) in [6, 6.07) is 21.4. The highest BCUT2D eigenvalue weighted by Crippen LogP contribution is 2.24. The van der Waals surface area contributed by atoms with Gasteiger partial charge in [0.05, 0.1) is 0 Å². The zero-order valence-corrected chi connectivity index (χ0v) is 15.2. The Hall–Kier alpha value is -2.96. The Kier molecular flexibility index (Phi) is 6.01. The first kappa shape index (κ1) is 18.8. The summed E-state index contributed by atoms with van der Waals surface area (Å²) in [6.07, 6.45) is 0. The SMILES string of the molecule is O=C(O)c1cc(OCC[S+]([O-])c2ccc(-c3ccccc3)cc2)ccc1O. The molecule has 1 unspecified atom stereocenters. The van der Waals surface area contributed by atoms with Gasteiger partial charge in [0.25, 0.3) is 0 Å². The van der Waals surface area contributed by atoms with Crippen LogP contribution < -0.4 is 4.74 Å². The van der Waals surface area contributed by atoms with Crippen LogP contribution >= 0.6 is 0 Å². The summed E-state index contributed by atoms with van der Waals surface area (Å²) in [4.78, 5) is 11.7. The predicted molar refractivity (Wildman–Crippen MR) is 104 cm³/mol. The largest absolute Gasteiger partial charge is 0.611 e. The Morgan fingerprint density at radius 3 is 2.30 bits per heavy atom. The number of aromatic carboxylic acids is 1. The second-order valence-electron chi connectivity index (χ2n) is 5.77. The van der Waals surface area contributed by atoms with Crippen molar-refractivity contribution in [3.63, 3.8) is 0 Å². The lowest BCUT2D eigenvalue weighted by Gasteiger charge is -2.12. The van der Waals surface area contributed by atoms with E-state index in [0.29, 0.717) is 10.6 Å². The first-order chi connectivity index (χ1) is 13.0. The van der Waals surface area contributed by atoms with Crippen molar-refractivity contribution in [2.24, 2.45) is 0 Å². The summed E-state index contributed by atoms with van der Waals surface area (Å²) in [7, 11) is 0. The summed E-state index contributed by atoms with van der Waals surface area (Å²) in [6.45, 7) is 0.164. The van der Waals surface area contributed by atoms with Gasteiger partial charge < -0.3 is 19.5 Å². The van der Waals surface area contributed by atoms with E-state index in [1.165, 1.54) is 18.2 Å². The number of carboxylic acids is 1. The van der Waals surface area contributed by atoms with Crippen molar-refractivity contribution in [1.82, 2.24) is 0 Å². The zero-order valence-electron chi connectivity index (χ0n) is 14.4. The first-order valence-electron chi connectivity index (χ1n) is 8.27. The van der Waals surface area contributed by atoms with Crippen molar-refractivity contribution >= 4 is 17.1 Å². The molecule has 0 aromatic heterocycles. The topological polar surface area (TPSA) is 89.8 Å². The summed E-state index contributed by atoms with van der Waals surface area (Å²) in [5.41, 5.74) is 1.92. The molecule has 0 saturated carbocycles. The number of aromatic hydroxyl groups is 1. The van der Waals surface area contributed by atoms with Crippen LogP contribution in [0.5, 0.6) is 11.5 Å². The molecule has 138 valence electrons. The number of carbonyl (C=O) groups is 1. The molecule has 2 N–H and O–H groups in total. The van der Waals surface area contributed by atoms with E-state index in [0.717, 1.165) is 11.1 Å². The molecule has 0 spiro atoms. The van der Waals surface area contributed by atoms with Crippen LogP contribution in [0.1, 0.15) is 10.4 Å². The Balaban J connectivity index is 1.57. The van der Waals surface area contributed by atoms with Crippen molar-refractivity contribution in [2.45, 2.75) is 4.90 Å². The molecule has 6 heteroatoms. The van der Waals surface area contributed by atoms with E-state index >= 15 is 0 Å². The molecule has 0 fully saturated rings. The molecule has 0 heterocycles. The Labute approximate surface area is 160 Å². The van der Waals surface area contributed by atoms with Gasteiger partial charge in [0.15, 0.2) is 4.90 Å². The third-order valence-electron chi connectivity index (χ3n) is 3.96. The van der Waals surface area contributed by atoms with Crippen molar-refractivity contribution in [2.75, 3.05) is 12.4 Å². The highest BCUT2D eigenvalue weighted by atomic mass is 32.2. The lowest BCUT2D eigenvalue weighted by atomic mass is 10.1. The molecule has 3 rings (SSSR count). The average molecular weight is 382 g/mol. The Morgan fingerprint density at radius 1 is 0.963 bits per heavy atom. The summed E-state index contributed by atoms with van der Waals surface area (Å²) >= 11 is -1.23. The van der Waals surface area contributed by atoms with E-state index in [9.17, 15) is 14.5 Å². The number of ether oxygens (including phenoxy) is 1. The number of hydrogen-bond acceptors (Lipinski definition) is 4. The van der Waals surface area contributed by atoms with E-state index in [1.54, 1.807) is 0 Å². The van der Waals surface area contributed by atoms with Gasteiger partial charge in [-0.1, -0.05) is 30.3 Å². The number of rotatable bonds is 7. The number of benzene rings is 3. The molecule has 0 bridgehead atoms. The van der Waals surface area contributed by atoms with Crippen molar-refractivity contribution in [3.8, 4) is 22.6 Å². The summed E-state index contributed by atoms with van der Waals surface area (Å²) in [5.74, 6) is -0.980. The van der Waals surface area contributed by atoms with Crippen LogP contribution in [-0.2, 0) is 11.2 Å². The summed E-state index contributed by atoms with van der Waals surface area (Å²) in [5, 5.41) is 18.5. The smallest absolute Gasteiger partial charge is 0.339 e. The lowest BCUT2D eigenvalue weighted by Crippen LogP contribution is -2.14. The zero-order chi connectivity index (χ0) is 19.2. The summed E-state index contributed by atoms with van der Waals surface area (Å²) < 4.78 is 17.9. The molecule has 0 aliphatic carbocycles. The van der Waals surface area contributed by atoms with Crippen LogP contribution in [0, 0.1) is 0 Å². The van der Waals surface area contributed by atoms with Gasteiger partial charge in [0, 0.05) is 0 Å². The van der Waals surface area contributed by atoms with Crippen LogP contribution in [-0.4, -0.2) is 33.1 Å². The quantitative estimate of drug-likeness (QED) is 0.604. The maximum absolute atomic E-state index is 12.4. The third kappa shape index (κ3) is 4.81. The van der Waals surface area contributed by atoms with Crippen LogP contribution in [0.15, 0.2) is 77.7 Å². The highest BCUT2D eigenvalue weighted by Gasteiger charge is 2.13. The Morgan fingerprint density at radius 2 is 1.63 bits per heavy atom. The lowest BCUT2D eigenvalue weighted by molar-refractivity contribution is 0.0693. The number of hydrogen-bond donors (Lipinski definition) is 2. The molecule has 3 aromatic rings.